The summed E-state index contributed by atoms with van der Waals surface area (Å²) in [6, 6.07) is 7.22. The van der Waals surface area contributed by atoms with Crippen molar-refractivity contribution in [2.24, 2.45) is 5.14 Å². The lowest BCUT2D eigenvalue weighted by molar-refractivity contribution is -0.136. The second-order valence-electron chi connectivity index (χ2n) is 6.18. The van der Waals surface area contributed by atoms with Crippen LogP contribution in [0.25, 0.3) is 0 Å². The molecule has 0 bridgehead atoms. The molecule has 0 aliphatic carbocycles. The minimum atomic E-state index is -3.68. The summed E-state index contributed by atoms with van der Waals surface area (Å²) in [5.41, 5.74) is 1.54. The van der Waals surface area contributed by atoms with Crippen molar-refractivity contribution >= 4 is 39.3 Å². The number of hydrogen-bond donors (Lipinski definition) is 3. The van der Waals surface area contributed by atoms with Gasteiger partial charge < -0.3 is 10.6 Å². The monoisotopic (exact) mass is 373 g/mol. The molecule has 2 amide bonds. The fourth-order valence-electron chi connectivity index (χ4n) is 1.61. The van der Waals surface area contributed by atoms with Crippen LogP contribution in [-0.2, 0) is 25.4 Å². The largest absolute Gasteiger partial charge is 0.347 e. The number of amides is 2. The third-order valence-electron chi connectivity index (χ3n) is 2.74. The first-order valence-electron chi connectivity index (χ1n) is 7.29. The molecule has 0 unspecified atom stereocenters. The molecular formula is C15H23N3O4S2. The van der Waals surface area contributed by atoms with Crippen molar-refractivity contribution in [1.82, 2.24) is 5.32 Å². The highest BCUT2D eigenvalue weighted by atomic mass is 32.2. The Hall–Kier alpha value is -1.58. The fourth-order valence-corrected chi connectivity index (χ4v) is 2.78. The molecule has 7 nitrogen and oxygen atoms in total. The number of rotatable bonds is 6. The van der Waals surface area contributed by atoms with E-state index in [0.717, 1.165) is 11.3 Å². The SMILES string of the molecule is CC(C)(C)SCc1cccc(NC(=O)C(=O)NCCS(N)(=O)=O)c1. The van der Waals surface area contributed by atoms with E-state index in [0.29, 0.717) is 5.69 Å². The number of anilines is 1. The predicted molar refractivity (Wildman–Crippen MR) is 97.1 cm³/mol. The third-order valence-corrected chi connectivity index (χ3v) is 4.85. The molecule has 134 valence electrons. The molecule has 1 rings (SSSR count). The predicted octanol–water partition coefficient (Wildman–Crippen LogP) is 1.06. The van der Waals surface area contributed by atoms with Crippen LogP contribution in [0.15, 0.2) is 24.3 Å². The average molecular weight is 374 g/mol. The molecular weight excluding hydrogens is 350 g/mol. The summed E-state index contributed by atoms with van der Waals surface area (Å²) in [7, 11) is -3.68. The number of hydrogen-bond acceptors (Lipinski definition) is 5. The van der Waals surface area contributed by atoms with E-state index in [1.54, 1.807) is 30.0 Å². The minimum absolute atomic E-state index is 0.127. The van der Waals surface area contributed by atoms with Gasteiger partial charge >= 0.3 is 11.8 Å². The standard InChI is InChI=1S/C15H23N3O4S2/c1-15(2,3)23-10-11-5-4-6-12(9-11)18-14(20)13(19)17-7-8-24(16,21)22/h4-6,9H,7-8,10H2,1-3H3,(H,17,19)(H,18,20)(H2,16,21,22). The highest BCUT2D eigenvalue weighted by molar-refractivity contribution is 7.99. The van der Waals surface area contributed by atoms with Crippen LogP contribution in [0, 0.1) is 0 Å². The van der Waals surface area contributed by atoms with Crippen LogP contribution in [0.4, 0.5) is 5.69 Å². The maximum atomic E-state index is 11.8. The summed E-state index contributed by atoms with van der Waals surface area (Å²) >= 11 is 1.77. The van der Waals surface area contributed by atoms with Gasteiger partial charge in [0.25, 0.3) is 0 Å². The van der Waals surface area contributed by atoms with E-state index >= 15 is 0 Å². The Kier molecular flexibility index (Phi) is 7.25. The Morgan fingerprint density at radius 2 is 1.88 bits per heavy atom. The van der Waals surface area contributed by atoms with E-state index in [4.69, 9.17) is 5.14 Å². The third kappa shape index (κ3) is 8.90. The van der Waals surface area contributed by atoms with Gasteiger partial charge in [0.2, 0.25) is 10.0 Å². The molecule has 0 fully saturated rings. The lowest BCUT2D eigenvalue weighted by Crippen LogP contribution is -2.38. The van der Waals surface area contributed by atoms with Crippen LogP contribution in [0.3, 0.4) is 0 Å². The van der Waals surface area contributed by atoms with Crippen LogP contribution < -0.4 is 15.8 Å². The van der Waals surface area contributed by atoms with E-state index in [9.17, 15) is 18.0 Å². The molecule has 1 aromatic rings. The Morgan fingerprint density at radius 1 is 1.21 bits per heavy atom. The van der Waals surface area contributed by atoms with Crippen LogP contribution in [0.1, 0.15) is 26.3 Å². The summed E-state index contributed by atoms with van der Waals surface area (Å²) in [6.07, 6.45) is 0. The Morgan fingerprint density at radius 3 is 2.46 bits per heavy atom. The highest BCUT2D eigenvalue weighted by Gasteiger charge is 2.15. The fraction of sp³-hybridized carbons (Fsp3) is 0.467. The van der Waals surface area contributed by atoms with E-state index in [1.165, 1.54) is 0 Å². The van der Waals surface area contributed by atoms with Crippen LogP contribution in [-0.4, -0.2) is 37.3 Å². The van der Waals surface area contributed by atoms with E-state index in [2.05, 4.69) is 31.4 Å². The van der Waals surface area contributed by atoms with Gasteiger partial charge in [-0.05, 0) is 17.7 Å². The minimum Gasteiger partial charge on any atom is -0.347 e. The maximum Gasteiger partial charge on any atom is 0.313 e. The van der Waals surface area contributed by atoms with Crippen LogP contribution in [0.2, 0.25) is 0 Å². The summed E-state index contributed by atoms with van der Waals surface area (Å²) in [6.45, 7) is 6.15. The van der Waals surface area contributed by atoms with Gasteiger partial charge in [-0.1, -0.05) is 32.9 Å². The molecule has 9 heteroatoms. The number of carbonyl (C=O) groups excluding carboxylic acids is 2. The van der Waals surface area contributed by atoms with Gasteiger partial charge in [-0.2, -0.15) is 11.8 Å². The normalized spacial score (nSPS) is 11.8. The van der Waals surface area contributed by atoms with Gasteiger partial charge in [-0.15, -0.1) is 0 Å². The van der Waals surface area contributed by atoms with Crippen molar-refractivity contribution in [1.29, 1.82) is 0 Å². The number of nitrogens with one attached hydrogen (secondary N) is 2. The first-order chi connectivity index (χ1) is 11.0. The Labute approximate surface area is 146 Å². The number of nitrogens with two attached hydrogens (primary N) is 1. The second-order valence-corrected chi connectivity index (χ2v) is 9.71. The zero-order valence-electron chi connectivity index (χ0n) is 14.0. The van der Waals surface area contributed by atoms with Gasteiger partial charge in [-0.3, -0.25) is 9.59 Å². The molecule has 0 aliphatic heterocycles. The molecule has 0 aliphatic rings. The topological polar surface area (TPSA) is 118 Å². The number of sulfonamides is 1. The highest BCUT2D eigenvalue weighted by Crippen LogP contribution is 2.27. The number of carbonyl (C=O) groups is 2. The van der Waals surface area contributed by atoms with Crippen LogP contribution in [0.5, 0.6) is 0 Å². The lowest BCUT2D eigenvalue weighted by Gasteiger charge is -2.17. The smallest absolute Gasteiger partial charge is 0.313 e. The quantitative estimate of drug-likeness (QED) is 0.644. The average Bonchev–Trinajstić information content (AvgIpc) is 2.43. The molecule has 0 saturated carbocycles. The Bertz CT molecular complexity index is 697. The van der Waals surface area contributed by atoms with Gasteiger partial charge in [0.1, 0.15) is 0 Å². The zero-order chi connectivity index (χ0) is 18.4. The molecule has 0 aromatic heterocycles. The number of thioether (sulfide) groups is 1. The van der Waals surface area contributed by atoms with Crippen molar-refractivity contribution in [2.75, 3.05) is 17.6 Å². The number of benzene rings is 1. The van der Waals surface area contributed by atoms with Gasteiger partial charge in [0, 0.05) is 22.7 Å². The first kappa shape index (κ1) is 20.5. The van der Waals surface area contributed by atoms with Crippen molar-refractivity contribution in [2.45, 2.75) is 31.3 Å². The molecule has 0 radical (unpaired) electrons. The molecule has 0 spiro atoms. The second kappa shape index (κ2) is 8.50. The maximum absolute atomic E-state index is 11.8. The van der Waals surface area contributed by atoms with Crippen molar-refractivity contribution in [3.63, 3.8) is 0 Å². The summed E-state index contributed by atoms with van der Waals surface area (Å²) in [5.74, 6) is -1.41. The molecule has 0 atom stereocenters. The van der Waals surface area contributed by atoms with Crippen LogP contribution >= 0.6 is 11.8 Å². The molecule has 4 N–H and O–H groups in total. The lowest BCUT2D eigenvalue weighted by atomic mass is 10.2. The summed E-state index contributed by atoms with van der Waals surface area (Å²) in [5, 5.41) is 9.51. The van der Waals surface area contributed by atoms with E-state index < -0.39 is 27.6 Å². The summed E-state index contributed by atoms with van der Waals surface area (Å²) < 4.78 is 21.7. The van der Waals surface area contributed by atoms with Crippen molar-refractivity contribution in [3.05, 3.63) is 29.8 Å². The first-order valence-corrected chi connectivity index (χ1v) is 9.99. The summed E-state index contributed by atoms with van der Waals surface area (Å²) in [4.78, 5) is 23.4. The Balaban J connectivity index is 2.56. The van der Waals surface area contributed by atoms with Crippen molar-refractivity contribution in [3.8, 4) is 0 Å². The van der Waals surface area contributed by atoms with E-state index in [1.807, 2.05) is 6.07 Å². The van der Waals surface area contributed by atoms with Gasteiger partial charge in [0.15, 0.2) is 0 Å². The number of primary sulfonamides is 1. The molecule has 24 heavy (non-hydrogen) atoms. The van der Waals surface area contributed by atoms with Gasteiger partial charge in [0.05, 0.1) is 5.75 Å². The zero-order valence-corrected chi connectivity index (χ0v) is 15.6. The van der Waals surface area contributed by atoms with E-state index in [-0.39, 0.29) is 11.3 Å². The van der Waals surface area contributed by atoms with Gasteiger partial charge in [-0.25, -0.2) is 13.6 Å². The van der Waals surface area contributed by atoms with Crippen molar-refractivity contribution < 1.29 is 18.0 Å². The molecule has 1 aromatic carbocycles. The molecule has 0 saturated heterocycles. The molecule has 0 heterocycles.